The molecule has 88 valence electrons. The van der Waals surface area contributed by atoms with Crippen molar-refractivity contribution in [1.82, 2.24) is 20.2 Å². The first kappa shape index (κ1) is 13.2. The number of hydrogen-bond donors (Lipinski definition) is 1. The molecule has 1 saturated heterocycles. The van der Waals surface area contributed by atoms with Gasteiger partial charge in [-0.25, -0.2) is 4.98 Å². The van der Waals surface area contributed by atoms with Crippen molar-refractivity contribution in [2.45, 2.75) is 0 Å². The molecule has 5 nitrogen and oxygen atoms in total. The molecule has 1 aromatic rings. The third-order valence-electron chi connectivity index (χ3n) is 2.23. The summed E-state index contributed by atoms with van der Waals surface area (Å²) in [6.45, 7) is 3.04. The van der Waals surface area contributed by atoms with Gasteiger partial charge in [0.2, 0.25) is 0 Å². The quantitative estimate of drug-likeness (QED) is 0.806. The van der Waals surface area contributed by atoms with Crippen molar-refractivity contribution in [1.29, 1.82) is 0 Å². The zero-order chi connectivity index (χ0) is 10.7. The molecule has 7 heteroatoms. The first-order valence-corrected chi connectivity index (χ1v) is 5.13. The van der Waals surface area contributed by atoms with E-state index < -0.39 is 0 Å². The van der Waals surface area contributed by atoms with Crippen LogP contribution in [0.25, 0.3) is 0 Å². The van der Waals surface area contributed by atoms with Crippen molar-refractivity contribution in [2.75, 3.05) is 26.2 Å². The van der Waals surface area contributed by atoms with E-state index in [1.807, 2.05) is 0 Å². The standard InChI is InChI=1S/C9H11ClN4O.ClH/c10-8-6-12-5-7(13-8)9(15)14-3-1-11-2-4-14;/h5-6,11H,1-4H2;1H. The molecule has 0 radical (unpaired) electrons. The molecule has 16 heavy (non-hydrogen) atoms. The average Bonchev–Trinajstić information content (AvgIpc) is 2.29. The maximum absolute atomic E-state index is 11.9. The summed E-state index contributed by atoms with van der Waals surface area (Å²) < 4.78 is 0. The van der Waals surface area contributed by atoms with Crippen LogP contribution in [0.5, 0.6) is 0 Å². The molecule has 1 aromatic heterocycles. The van der Waals surface area contributed by atoms with E-state index in [9.17, 15) is 4.79 Å². The Bertz CT molecular complexity index is 368. The lowest BCUT2D eigenvalue weighted by atomic mass is 10.3. The molecule has 1 N–H and O–H groups in total. The molecule has 1 aliphatic rings. The Balaban J connectivity index is 0.00000128. The second-order valence-electron chi connectivity index (χ2n) is 3.27. The van der Waals surface area contributed by atoms with Crippen LogP contribution >= 0.6 is 24.0 Å². The molecular weight excluding hydrogens is 251 g/mol. The van der Waals surface area contributed by atoms with Gasteiger partial charge in [-0.2, -0.15) is 0 Å². The highest BCUT2D eigenvalue weighted by molar-refractivity contribution is 6.29. The molecule has 0 aromatic carbocycles. The van der Waals surface area contributed by atoms with Crippen LogP contribution in [0.3, 0.4) is 0 Å². The second-order valence-corrected chi connectivity index (χ2v) is 3.66. The molecule has 0 atom stereocenters. The summed E-state index contributed by atoms with van der Waals surface area (Å²) in [5.41, 5.74) is 0.310. The predicted molar refractivity (Wildman–Crippen MR) is 63.1 cm³/mol. The topological polar surface area (TPSA) is 58.1 Å². The number of aromatic nitrogens is 2. The molecule has 2 rings (SSSR count). The number of nitrogens with zero attached hydrogens (tertiary/aromatic N) is 3. The van der Waals surface area contributed by atoms with Crippen LogP contribution in [0.1, 0.15) is 10.5 Å². The largest absolute Gasteiger partial charge is 0.335 e. The van der Waals surface area contributed by atoms with E-state index >= 15 is 0 Å². The highest BCUT2D eigenvalue weighted by atomic mass is 35.5. The summed E-state index contributed by atoms with van der Waals surface area (Å²) in [5.74, 6) is -0.105. The molecule has 1 amide bonds. The highest BCUT2D eigenvalue weighted by Crippen LogP contribution is 2.06. The highest BCUT2D eigenvalue weighted by Gasteiger charge is 2.19. The number of piperazine rings is 1. The van der Waals surface area contributed by atoms with Crippen LogP contribution in [-0.4, -0.2) is 47.0 Å². The normalized spacial score (nSPS) is 15.4. The van der Waals surface area contributed by atoms with E-state index in [2.05, 4.69) is 15.3 Å². The number of nitrogens with one attached hydrogen (secondary N) is 1. The van der Waals surface area contributed by atoms with E-state index in [1.54, 1.807) is 4.90 Å². The van der Waals surface area contributed by atoms with E-state index in [4.69, 9.17) is 11.6 Å². The van der Waals surface area contributed by atoms with Crippen LogP contribution in [-0.2, 0) is 0 Å². The molecule has 0 spiro atoms. The van der Waals surface area contributed by atoms with Gasteiger partial charge in [0.1, 0.15) is 10.8 Å². The summed E-state index contributed by atoms with van der Waals surface area (Å²) in [4.78, 5) is 21.4. The van der Waals surface area contributed by atoms with Gasteiger partial charge in [0.05, 0.1) is 12.4 Å². The van der Waals surface area contributed by atoms with Gasteiger partial charge in [-0.05, 0) is 0 Å². The van der Waals surface area contributed by atoms with Gasteiger partial charge in [0.15, 0.2) is 0 Å². The second kappa shape index (κ2) is 5.98. The Labute approximate surface area is 105 Å². The predicted octanol–water partition coefficient (Wildman–Crippen LogP) is 0.597. The van der Waals surface area contributed by atoms with Crippen LogP contribution in [0.2, 0.25) is 5.15 Å². The molecule has 1 aliphatic heterocycles. The Morgan fingerprint density at radius 3 is 2.69 bits per heavy atom. The van der Waals surface area contributed by atoms with Crippen molar-refractivity contribution >= 4 is 29.9 Å². The molecule has 1 fully saturated rings. The summed E-state index contributed by atoms with van der Waals surface area (Å²) >= 11 is 5.67. The third-order valence-corrected chi connectivity index (χ3v) is 2.41. The minimum absolute atomic E-state index is 0. The summed E-state index contributed by atoms with van der Waals surface area (Å²) in [6.07, 6.45) is 2.85. The number of carbonyl (C=O) groups excluding carboxylic acids is 1. The Morgan fingerprint density at radius 1 is 1.38 bits per heavy atom. The first-order chi connectivity index (χ1) is 7.27. The van der Waals surface area contributed by atoms with E-state index in [0.717, 1.165) is 13.1 Å². The number of rotatable bonds is 1. The van der Waals surface area contributed by atoms with Crippen molar-refractivity contribution < 1.29 is 4.79 Å². The first-order valence-electron chi connectivity index (χ1n) is 4.75. The van der Waals surface area contributed by atoms with Crippen LogP contribution in [0.15, 0.2) is 12.4 Å². The van der Waals surface area contributed by atoms with Gasteiger partial charge >= 0.3 is 0 Å². The fraction of sp³-hybridized carbons (Fsp3) is 0.444. The fourth-order valence-electron chi connectivity index (χ4n) is 1.48. The zero-order valence-electron chi connectivity index (χ0n) is 8.52. The third kappa shape index (κ3) is 3.04. The molecule has 0 unspecified atom stereocenters. The van der Waals surface area contributed by atoms with Gasteiger partial charge in [-0.15, -0.1) is 12.4 Å². The van der Waals surface area contributed by atoms with E-state index in [1.165, 1.54) is 12.4 Å². The summed E-state index contributed by atoms with van der Waals surface area (Å²) in [5, 5.41) is 3.42. The SMILES string of the molecule is Cl.O=C(c1cncc(Cl)n1)N1CCNCC1. The number of amides is 1. The van der Waals surface area contributed by atoms with Gasteiger partial charge in [0.25, 0.3) is 5.91 Å². The van der Waals surface area contributed by atoms with Gasteiger partial charge in [-0.3, -0.25) is 9.78 Å². The van der Waals surface area contributed by atoms with Crippen molar-refractivity contribution in [2.24, 2.45) is 0 Å². The number of carbonyl (C=O) groups is 1. The number of halogens is 2. The average molecular weight is 263 g/mol. The smallest absolute Gasteiger partial charge is 0.274 e. The van der Waals surface area contributed by atoms with E-state index in [-0.39, 0.29) is 23.5 Å². The minimum Gasteiger partial charge on any atom is -0.335 e. The maximum Gasteiger partial charge on any atom is 0.274 e. The van der Waals surface area contributed by atoms with Crippen molar-refractivity contribution in [3.63, 3.8) is 0 Å². The summed E-state index contributed by atoms with van der Waals surface area (Å²) in [7, 11) is 0. The number of hydrogen-bond acceptors (Lipinski definition) is 4. The zero-order valence-corrected chi connectivity index (χ0v) is 10.1. The van der Waals surface area contributed by atoms with Crippen LogP contribution in [0, 0.1) is 0 Å². The summed E-state index contributed by atoms with van der Waals surface area (Å²) in [6, 6.07) is 0. The van der Waals surface area contributed by atoms with Crippen molar-refractivity contribution in [3.8, 4) is 0 Å². The fourth-order valence-corrected chi connectivity index (χ4v) is 1.62. The molecule has 2 heterocycles. The lowest BCUT2D eigenvalue weighted by Crippen LogP contribution is -2.46. The molecular formula is C9H12Cl2N4O. The lowest BCUT2D eigenvalue weighted by molar-refractivity contribution is 0.0729. The Morgan fingerprint density at radius 2 is 2.06 bits per heavy atom. The maximum atomic E-state index is 11.9. The molecule has 0 aliphatic carbocycles. The van der Waals surface area contributed by atoms with Crippen LogP contribution < -0.4 is 5.32 Å². The Hall–Kier alpha value is -0.910. The van der Waals surface area contributed by atoms with Gasteiger partial charge < -0.3 is 10.2 Å². The van der Waals surface area contributed by atoms with Crippen molar-refractivity contribution in [3.05, 3.63) is 23.2 Å². The minimum atomic E-state index is -0.105. The van der Waals surface area contributed by atoms with Crippen LogP contribution in [0.4, 0.5) is 0 Å². The lowest BCUT2D eigenvalue weighted by Gasteiger charge is -2.26. The molecule has 0 saturated carbocycles. The Kier molecular flexibility index (Phi) is 4.92. The van der Waals surface area contributed by atoms with Gasteiger partial charge in [0, 0.05) is 26.2 Å². The molecule has 0 bridgehead atoms. The van der Waals surface area contributed by atoms with Gasteiger partial charge in [-0.1, -0.05) is 11.6 Å². The monoisotopic (exact) mass is 262 g/mol. The van der Waals surface area contributed by atoms with E-state index in [0.29, 0.717) is 18.8 Å².